The van der Waals surface area contributed by atoms with Gasteiger partial charge in [0.2, 0.25) is 18.6 Å². The maximum absolute atomic E-state index is 11.1. The zero-order valence-electron chi connectivity index (χ0n) is 13.9. The Bertz CT molecular complexity index is 1010. The molecule has 0 fully saturated rings. The third-order valence-electron chi connectivity index (χ3n) is 3.82. The van der Waals surface area contributed by atoms with E-state index in [0.29, 0.717) is 45.2 Å². The summed E-state index contributed by atoms with van der Waals surface area (Å²) in [7, 11) is 0. The second kappa shape index (κ2) is 7.00. The lowest BCUT2D eigenvalue weighted by atomic mass is 10.2. The summed E-state index contributed by atoms with van der Waals surface area (Å²) >= 11 is 6.27. The summed E-state index contributed by atoms with van der Waals surface area (Å²) in [5, 5.41) is 6.67. The van der Waals surface area contributed by atoms with Crippen LogP contribution in [0, 0.1) is 0 Å². The maximum Gasteiger partial charge on any atom is 0.248 e. The number of primary amides is 1. The Morgan fingerprint density at radius 2 is 1.89 bits per heavy atom. The van der Waals surface area contributed by atoms with Gasteiger partial charge in [0.25, 0.3) is 0 Å². The summed E-state index contributed by atoms with van der Waals surface area (Å²) in [5.41, 5.74) is 6.95. The van der Waals surface area contributed by atoms with Gasteiger partial charge >= 0.3 is 0 Å². The number of benzene rings is 2. The van der Waals surface area contributed by atoms with E-state index in [0.717, 1.165) is 0 Å². The first kappa shape index (κ1) is 16.9. The second-order valence-corrected chi connectivity index (χ2v) is 6.02. The number of halogens is 1. The lowest BCUT2D eigenvalue weighted by molar-refractivity contribution is 0.100. The molecule has 9 heteroatoms. The van der Waals surface area contributed by atoms with Gasteiger partial charge in [0.05, 0.1) is 5.02 Å². The second-order valence-electron chi connectivity index (χ2n) is 5.61. The van der Waals surface area contributed by atoms with Gasteiger partial charge in [-0.3, -0.25) is 4.79 Å². The van der Waals surface area contributed by atoms with Gasteiger partial charge in [0.1, 0.15) is 11.5 Å². The number of nitrogens with zero attached hydrogens (tertiary/aromatic N) is 2. The van der Waals surface area contributed by atoms with E-state index >= 15 is 0 Å². The number of aromatic nitrogens is 2. The molecule has 1 aliphatic heterocycles. The molecule has 0 atom stereocenters. The van der Waals surface area contributed by atoms with Crippen LogP contribution in [0.1, 0.15) is 10.4 Å². The predicted molar refractivity (Wildman–Crippen MR) is 101 cm³/mol. The Morgan fingerprint density at radius 1 is 1.07 bits per heavy atom. The van der Waals surface area contributed by atoms with Gasteiger partial charge in [0.15, 0.2) is 11.5 Å². The molecule has 0 unspecified atom stereocenters. The highest BCUT2D eigenvalue weighted by Crippen LogP contribution is 2.44. The Labute approximate surface area is 159 Å². The van der Waals surface area contributed by atoms with Crippen LogP contribution in [0.15, 0.2) is 48.7 Å². The largest absolute Gasteiger partial charge is 0.454 e. The van der Waals surface area contributed by atoms with Crippen molar-refractivity contribution in [3.05, 3.63) is 59.2 Å². The average Bonchev–Trinajstić information content (AvgIpc) is 3.14. The van der Waals surface area contributed by atoms with E-state index in [2.05, 4.69) is 20.6 Å². The molecule has 0 bridgehead atoms. The molecule has 0 saturated heterocycles. The summed E-state index contributed by atoms with van der Waals surface area (Å²) in [4.78, 5) is 19.7. The van der Waals surface area contributed by atoms with Crippen LogP contribution < -0.4 is 25.8 Å². The van der Waals surface area contributed by atoms with Gasteiger partial charge in [0, 0.05) is 17.4 Å². The van der Waals surface area contributed by atoms with Crippen molar-refractivity contribution in [2.75, 3.05) is 17.4 Å². The molecule has 0 radical (unpaired) electrons. The van der Waals surface area contributed by atoms with Crippen molar-refractivity contribution < 1.29 is 14.3 Å². The monoisotopic (exact) mass is 383 g/mol. The van der Waals surface area contributed by atoms with Crippen LogP contribution in [0.25, 0.3) is 0 Å². The summed E-state index contributed by atoms with van der Waals surface area (Å²) < 4.78 is 10.8. The molecule has 2 aromatic carbocycles. The first-order valence-electron chi connectivity index (χ1n) is 7.95. The normalized spacial score (nSPS) is 11.9. The van der Waals surface area contributed by atoms with Crippen molar-refractivity contribution in [2.45, 2.75) is 0 Å². The number of amides is 1. The molecule has 2 heterocycles. The summed E-state index contributed by atoms with van der Waals surface area (Å²) in [5.74, 6) is 1.56. The minimum Gasteiger partial charge on any atom is -0.454 e. The highest BCUT2D eigenvalue weighted by molar-refractivity contribution is 6.33. The molecule has 136 valence electrons. The molecule has 8 nitrogen and oxygen atoms in total. The first-order valence-corrected chi connectivity index (χ1v) is 8.33. The number of hydrogen-bond acceptors (Lipinski definition) is 7. The number of anilines is 4. The number of carbonyl (C=O) groups excluding carboxylic acids is 1. The van der Waals surface area contributed by atoms with E-state index in [-0.39, 0.29) is 6.79 Å². The van der Waals surface area contributed by atoms with E-state index in [1.54, 1.807) is 48.7 Å². The van der Waals surface area contributed by atoms with E-state index < -0.39 is 5.91 Å². The van der Waals surface area contributed by atoms with Crippen molar-refractivity contribution >= 4 is 40.6 Å². The van der Waals surface area contributed by atoms with Gasteiger partial charge in [-0.15, -0.1) is 0 Å². The fourth-order valence-corrected chi connectivity index (χ4v) is 2.72. The van der Waals surface area contributed by atoms with Crippen molar-refractivity contribution in [1.82, 2.24) is 9.97 Å². The molecular weight excluding hydrogens is 370 g/mol. The molecule has 0 aliphatic carbocycles. The first-order chi connectivity index (χ1) is 13.1. The van der Waals surface area contributed by atoms with Crippen LogP contribution >= 0.6 is 11.6 Å². The molecule has 27 heavy (non-hydrogen) atoms. The van der Waals surface area contributed by atoms with Crippen molar-refractivity contribution in [3.8, 4) is 11.5 Å². The fourth-order valence-electron chi connectivity index (χ4n) is 2.53. The summed E-state index contributed by atoms with van der Waals surface area (Å²) in [6.07, 6.45) is 1.60. The number of ether oxygens (including phenoxy) is 2. The van der Waals surface area contributed by atoms with Crippen molar-refractivity contribution in [1.29, 1.82) is 0 Å². The summed E-state index contributed by atoms with van der Waals surface area (Å²) in [6.45, 7) is 0.141. The minimum absolute atomic E-state index is 0.141. The number of hydrogen-bond donors (Lipinski definition) is 3. The topological polar surface area (TPSA) is 111 Å². The van der Waals surface area contributed by atoms with Gasteiger partial charge in [-0.2, -0.15) is 4.98 Å². The molecular formula is C18H14ClN5O3. The van der Waals surface area contributed by atoms with E-state index in [9.17, 15) is 4.79 Å². The minimum atomic E-state index is -0.484. The predicted octanol–water partition coefficient (Wildman–Crippen LogP) is 3.44. The lowest BCUT2D eigenvalue weighted by Crippen LogP contribution is -2.10. The quantitative estimate of drug-likeness (QED) is 0.618. The Morgan fingerprint density at radius 3 is 2.67 bits per heavy atom. The van der Waals surface area contributed by atoms with Gasteiger partial charge in [-0.25, -0.2) is 4.98 Å². The molecule has 1 amide bonds. The number of nitrogens with one attached hydrogen (secondary N) is 2. The van der Waals surface area contributed by atoms with Crippen LogP contribution in [-0.4, -0.2) is 22.7 Å². The Hall–Kier alpha value is -3.52. The molecule has 4 N–H and O–H groups in total. The van der Waals surface area contributed by atoms with Crippen LogP contribution in [0.2, 0.25) is 5.02 Å². The van der Waals surface area contributed by atoms with Gasteiger partial charge < -0.3 is 25.8 Å². The highest BCUT2D eigenvalue weighted by atomic mass is 35.5. The smallest absolute Gasteiger partial charge is 0.248 e. The van der Waals surface area contributed by atoms with E-state index in [1.807, 2.05) is 0 Å². The number of carbonyl (C=O) groups is 1. The number of rotatable bonds is 5. The summed E-state index contributed by atoms with van der Waals surface area (Å²) in [6, 6.07) is 11.9. The average molecular weight is 384 g/mol. The third kappa shape index (κ3) is 3.56. The molecule has 1 aromatic heterocycles. The van der Waals surface area contributed by atoms with Crippen molar-refractivity contribution in [2.24, 2.45) is 5.73 Å². The lowest BCUT2D eigenvalue weighted by Gasteiger charge is -2.11. The van der Waals surface area contributed by atoms with E-state index in [1.165, 1.54) is 0 Å². The SMILES string of the molecule is NC(=O)c1ccc(Nc2nccc(Nc3c(Cl)ccc4c3OCO4)n2)cc1. The van der Waals surface area contributed by atoms with Crippen LogP contribution in [0.5, 0.6) is 11.5 Å². The molecule has 3 aromatic rings. The molecule has 0 saturated carbocycles. The Balaban J connectivity index is 1.55. The zero-order valence-corrected chi connectivity index (χ0v) is 14.7. The van der Waals surface area contributed by atoms with Crippen LogP contribution in [0.3, 0.4) is 0 Å². The number of nitrogens with two attached hydrogens (primary N) is 1. The van der Waals surface area contributed by atoms with E-state index in [4.69, 9.17) is 26.8 Å². The van der Waals surface area contributed by atoms with Gasteiger partial charge in [-0.05, 0) is 42.5 Å². The fraction of sp³-hybridized carbons (Fsp3) is 0.0556. The Kier molecular flexibility index (Phi) is 4.39. The molecule has 1 aliphatic rings. The maximum atomic E-state index is 11.1. The molecule has 4 rings (SSSR count). The third-order valence-corrected chi connectivity index (χ3v) is 4.14. The number of fused-ring (bicyclic) bond motifs is 1. The van der Waals surface area contributed by atoms with Crippen LogP contribution in [-0.2, 0) is 0 Å². The molecule has 0 spiro atoms. The highest BCUT2D eigenvalue weighted by Gasteiger charge is 2.21. The van der Waals surface area contributed by atoms with Crippen molar-refractivity contribution in [3.63, 3.8) is 0 Å². The standard InChI is InChI=1S/C18H14ClN5O3/c19-12-5-6-13-16(27-9-26-13)15(12)23-14-7-8-21-18(24-14)22-11-3-1-10(2-4-11)17(20)25/h1-8H,9H2,(H2,20,25)(H2,21,22,23,24). The zero-order chi connectivity index (χ0) is 18.8. The van der Waals surface area contributed by atoms with Crippen LogP contribution in [0.4, 0.5) is 23.1 Å². The van der Waals surface area contributed by atoms with Gasteiger partial charge in [-0.1, -0.05) is 11.6 Å².